The van der Waals surface area contributed by atoms with E-state index < -0.39 is 23.8 Å². The smallest absolute Gasteiger partial charge is 0.321 e. The van der Waals surface area contributed by atoms with E-state index in [1.54, 1.807) is 33.3 Å². The lowest BCUT2D eigenvalue weighted by molar-refractivity contribution is -0.153. The Kier molecular flexibility index (Phi) is 7.20. The lowest BCUT2D eigenvalue weighted by atomic mass is 9.91. The molecular formula is C25H30N4O5. The number of hydrogen-bond donors (Lipinski definition) is 1. The number of piperazine rings is 1. The van der Waals surface area contributed by atoms with Crippen LogP contribution in [-0.4, -0.2) is 69.7 Å². The van der Waals surface area contributed by atoms with Gasteiger partial charge in [-0.2, -0.15) is 0 Å². The summed E-state index contributed by atoms with van der Waals surface area (Å²) in [5, 5.41) is 2.84. The molecule has 0 aliphatic carbocycles. The summed E-state index contributed by atoms with van der Waals surface area (Å²) < 4.78 is 15.9. The Labute approximate surface area is 199 Å². The molecule has 2 heterocycles. The van der Waals surface area contributed by atoms with Crippen LogP contribution in [0.1, 0.15) is 18.5 Å². The van der Waals surface area contributed by atoms with Gasteiger partial charge in [-0.25, -0.2) is 4.99 Å². The van der Waals surface area contributed by atoms with Crippen LogP contribution in [0.5, 0.6) is 11.5 Å². The summed E-state index contributed by atoms with van der Waals surface area (Å²) in [6, 6.07) is 14.5. The van der Waals surface area contributed by atoms with Crippen LogP contribution in [0.3, 0.4) is 0 Å². The molecule has 1 fully saturated rings. The van der Waals surface area contributed by atoms with E-state index in [9.17, 15) is 9.59 Å². The van der Waals surface area contributed by atoms with Crippen LogP contribution in [0, 0.1) is 5.92 Å². The van der Waals surface area contributed by atoms with Crippen molar-refractivity contribution in [2.75, 3.05) is 51.9 Å². The summed E-state index contributed by atoms with van der Waals surface area (Å²) in [7, 11) is 3.26. The number of rotatable bonds is 6. The molecule has 1 saturated heterocycles. The first-order valence-corrected chi connectivity index (χ1v) is 11.4. The Morgan fingerprint density at radius 2 is 1.68 bits per heavy atom. The van der Waals surface area contributed by atoms with Crippen LogP contribution in [0.15, 0.2) is 53.5 Å². The van der Waals surface area contributed by atoms with E-state index in [2.05, 4.69) is 10.2 Å². The molecular weight excluding hydrogens is 436 g/mol. The quantitative estimate of drug-likeness (QED) is 0.516. The minimum Gasteiger partial charge on any atom is -0.497 e. The summed E-state index contributed by atoms with van der Waals surface area (Å²) in [6.45, 7) is 4.72. The maximum absolute atomic E-state index is 13.1. The largest absolute Gasteiger partial charge is 0.497 e. The van der Waals surface area contributed by atoms with Gasteiger partial charge >= 0.3 is 5.97 Å². The van der Waals surface area contributed by atoms with Crippen molar-refractivity contribution in [2.24, 2.45) is 10.9 Å². The van der Waals surface area contributed by atoms with E-state index in [4.69, 9.17) is 19.2 Å². The number of esters is 1. The average Bonchev–Trinajstić information content (AvgIpc) is 2.88. The van der Waals surface area contributed by atoms with Crippen LogP contribution in [0.4, 0.5) is 5.69 Å². The number of carbonyl (C=O) groups is 2. The van der Waals surface area contributed by atoms with Gasteiger partial charge in [0.15, 0.2) is 5.92 Å². The van der Waals surface area contributed by atoms with E-state index in [0.717, 1.165) is 30.1 Å². The number of hydrogen-bond acceptors (Lipinski definition) is 8. The van der Waals surface area contributed by atoms with Gasteiger partial charge in [0.1, 0.15) is 17.5 Å². The average molecular weight is 467 g/mol. The number of anilines is 1. The Morgan fingerprint density at radius 1 is 1.00 bits per heavy atom. The third kappa shape index (κ3) is 4.78. The van der Waals surface area contributed by atoms with Gasteiger partial charge in [-0.15, -0.1) is 0 Å². The molecule has 0 spiro atoms. The summed E-state index contributed by atoms with van der Waals surface area (Å²) in [5.41, 5.74) is 1.79. The van der Waals surface area contributed by atoms with Crippen LogP contribution >= 0.6 is 0 Å². The number of aliphatic imine (C=N–C) groups is 1. The van der Waals surface area contributed by atoms with Crippen molar-refractivity contribution in [3.8, 4) is 11.5 Å². The van der Waals surface area contributed by atoms with E-state index in [-0.39, 0.29) is 6.61 Å². The highest BCUT2D eigenvalue weighted by molar-refractivity contribution is 6.08. The maximum Gasteiger partial charge on any atom is 0.321 e. The Morgan fingerprint density at radius 3 is 2.32 bits per heavy atom. The molecule has 1 amide bonds. The lowest BCUT2D eigenvalue weighted by Gasteiger charge is -2.40. The predicted molar refractivity (Wildman–Crippen MR) is 128 cm³/mol. The van der Waals surface area contributed by atoms with Crippen molar-refractivity contribution in [3.63, 3.8) is 0 Å². The van der Waals surface area contributed by atoms with E-state index in [0.29, 0.717) is 24.8 Å². The van der Waals surface area contributed by atoms with Gasteiger partial charge in [-0.3, -0.25) is 14.9 Å². The number of nitrogens with zero attached hydrogens (tertiary/aromatic N) is 3. The lowest BCUT2D eigenvalue weighted by Crippen LogP contribution is -2.57. The van der Waals surface area contributed by atoms with Gasteiger partial charge in [0, 0.05) is 26.2 Å². The second kappa shape index (κ2) is 10.5. The molecule has 0 radical (unpaired) electrons. The predicted octanol–water partition coefficient (Wildman–Crippen LogP) is 2.23. The van der Waals surface area contributed by atoms with Gasteiger partial charge in [0.05, 0.1) is 26.5 Å². The molecule has 0 bridgehead atoms. The van der Waals surface area contributed by atoms with Gasteiger partial charge in [0.2, 0.25) is 11.9 Å². The van der Waals surface area contributed by atoms with Crippen LogP contribution in [-0.2, 0) is 14.3 Å². The van der Waals surface area contributed by atoms with Crippen LogP contribution < -0.4 is 19.7 Å². The fourth-order valence-electron chi connectivity index (χ4n) is 4.32. The number of carbonyl (C=O) groups excluding carboxylic acids is 2. The molecule has 4 rings (SSSR count). The first-order chi connectivity index (χ1) is 16.5. The zero-order chi connectivity index (χ0) is 24.1. The van der Waals surface area contributed by atoms with E-state index in [1.165, 1.54) is 0 Å². The SMILES string of the molecule is CCOC(=O)C1C(=O)NC(N2CCN(c3ccccc3OC)CC2)=NC1c1ccc(OC)cc1. The Hall–Kier alpha value is -3.75. The summed E-state index contributed by atoms with van der Waals surface area (Å²) in [5.74, 6) is -0.0384. The molecule has 9 heteroatoms. The molecule has 0 aromatic heterocycles. The number of nitrogens with one attached hydrogen (secondary N) is 1. The first kappa shape index (κ1) is 23.4. The third-order valence-electron chi connectivity index (χ3n) is 6.10. The Balaban J connectivity index is 1.56. The molecule has 9 nitrogen and oxygen atoms in total. The number of amides is 1. The standard InChI is InChI=1S/C25H30N4O5/c1-4-34-24(31)21-22(17-9-11-18(32-2)12-10-17)26-25(27-23(21)30)29-15-13-28(14-16-29)19-7-5-6-8-20(19)33-3/h5-12,21-22H,4,13-16H2,1-3H3,(H,26,27,30). The molecule has 2 atom stereocenters. The second-order valence-corrected chi connectivity index (χ2v) is 8.04. The normalized spacial score (nSPS) is 20.3. The fraction of sp³-hybridized carbons (Fsp3) is 0.400. The van der Waals surface area contributed by atoms with Gasteiger partial charge in [0.25, 0.3) is 0 Å². The molecule has 180 valence electrons. The zero-order valence-corrected chi connectivity index (χ0v) is 19.7. The molecule has 2 aliphatic rings. The molecule has 2 aromatic rings. The number of ether oxygens (including phenoxy) is 3. The monoisotopic (exact) mass is 466 g/mol. The number of methoxy groups -OCH3 is 2. The second-order valence-electron chi connectivity index (χ2n) is 8.04. The van der Waals surface area contributed by atoms with E-state index in [1.807, 2.05) is 41.3 Å². The number of guanidine groups is 1. The minimum absolute atomic E-state index is 0.194. The van der Waals surface area contributed by atoms with Gasteiger partial charge in [-0.1, -0.05) is 24.3 Å². The van der Waals surface area contributed by atoms with Gasteiger partial charge in [-0.05, 0) is 36.8 Å². The maximum atomic E-state index is 13.1. The Bertz CT molecular complexity index is 1050. The highest BCUT2D eigenvalue weighted by atomic mass is 16.5. The van der Waals surface area contributed by atoms with Crippen LogP contribution in [0.2, 0.25) is 0 Å². The molecule has 2 aromatic carbocycles. The topological polar surface area (TPSA) is 92.7 Å². The van der Waals surface area contributed by atoms with Crippen LogP contribution in [0.25, 0.3) is 0 Å². The van der Waals surface area contributed by atoms with Crippen molar-refractivity contribution in [1.82, 2.24) is 10.2 Å². The van der Waals surface area contributed by atoms with Crippen molar-refractivity contribution in [1.29, 1.82) is 0 Å². The summed E-state index contributed by atoms with van der Waals surface area (Å²) >= 11 is 0. The van der Waals surface area contributed by atoms with Gasteiger partial charge < -0.3 is 24.0 Å². The van der Waals surface area contributed by atoms with Crippen molar-refractivity contribution < 1.29 is 23.8 Å². The number of benzene rings is 2. The molecule has 0 saturated carbocycles. The zero-order valence-electron chi connectivity index (χ0n) is 19.7. The first-order valence-electron chi connectivity index (χ1n) is 11.4. The molecule has 2 aliphatic heterocycles. The van der Waals surface area contributed by atoms with Crippen molar-refractivity contribution in [3.05, 3.63) is 54.1 Å². The number of para-hydroxylation sites is 2. The van der Waals surface area contributed by atoms with Crippen molar-refractivity contribution >= 4 is 23.5 Å². The highest BCUT2D eigenvalue weighted by Crippen LogP contribution is 2.33. The van der Waals surface area contributed by atoms with E-state index >= 15 is 0 Å². The molecule has 2 unspecified atom stereocenters. The minimum atomic E-state index is -1.05. The molecule has 1 N–H and O–H groups in total. The fourth-order valence-corrected chi connectivity index (χ4v) is 4.32. The summed E-state index contributed by atoms with van der Waals surface area (Å²) in [6.07, 6.45) is 0. The summed E-state index contributed by atoms with van der Waals surface area (Å²) in [4.78, 5) is 34.8. The molecule has 34 heavy (non-hydrogen) atoms. The highest BCUT2D eigenvalue weighted by Gasteiger charge is 2.42. The van der Waals surface area contributed by atoms with Crippen molar-refractivity contribution in [2.45, 2.75) is 13.0 Å². The third-order valence-corrected chi connectivity index (χ3v) is 6.10.